The maximum absolute atomic E-state index is 13.2. The molecule has 88 valence electrons. The predicted molar refractivity (Wildman–Crippen MR) is 57.9 cm³/mol. The number of hydrogen-bond acceptors (Lipinski definition) is 2. The number of hydrogen-bond donors (Lipinski definition) is 1. The molecule has 0 unspecified atom stereocenters. The highest BCUT2D eigenvalue weighted by Crippen LogP contribution is 2.12. The smallest absolute Gasteiger partial charge is 0.168 e. The highest BCUT2D eigenvalue weighted by molar-refractivity contribution is 5.37. The van der Waals surface area contributed by atoms with E-state index >= 15 is 0 Å². The van der Waals surface area contributed by atoms with Crippen molar-refractivity contribution in [1.82, 2.24) is 4.98 Å². The highest BCUT2D eigenvalue weighted by Gasteiger charge is 2.04. The summed E-state index contributed by atoms with van der Waals surface area (Å²) in [6, 6.07) is 6.52. The van der Waals surface area contributed by atoms with Crippen molar-refractivity contribution in [3.63, 3.8) is 0 Å². The third kappa shape index (κ3) is 2.96. The number of rotatable bonds is 3. The maximum Gasteiger partial charge on any atom is 0.168 e. The molecule has 5 heteroatoms. The van der Waals surface area contributed by atoms with E-state index in [1.54, 1.807) is 12.1 Å². The number of anilines is 1. The molecule has 0 aliphatic rings. The van der Waals surface area contributed by atoms with E-state index in [4.69, 9.17) is 0 Å². The zero-order valence-electron chi connectivity index (χ0n) is 8.75. The van der Waals surface area contributed by atoms with Crippen LogP contribution in [0.5, 0.6) is 0 Å². The van der Waals surface area contributed by atoms with E-state index < -0.39 is 11.6 Å². The summed E-state index contributed by atoms with van der Waals surface area (Å²) in [6.45, 7) is 0.288. The van der Waals surface area contributed by atoms with Gasteiger partial charge in [0, 0.05) is 12.6 Å². The molecule has 0 spiro atoms. The molecule has 0 saturated heterocycles. The van der Waals surface area contributed by atoms with E-state index in [-0.39, 0.29) is 18.2 Å². The first kappa shape index (κ1) is 11.4. The summed E-state index contributed by atoms with van der Waals surface area (Å²) in [5.41, 5.74) is 0.775. The molecule has 0 bridgehead atoms. The summed E-state index contributed by atoms with van der Waals surface area (Å²) in [5, 5.41) is 2.70. The molecular weight excluding hydrogens is 229 g/mol. The van der Waals surface area contributed by atoms with Gasteiger partial charge >= 0.3 is 0 Å². The Kier molecular flexibility index (Phi) is 3.27. The van der Waals surface area contributed by atoms with Crippen molar-refractivity contribution in [3.05, 3.63) is 59.5 Å². The number of benzene rings is 1. The van der Waals surface area contributed by atoms with Crippen LogP contribution in [0.25, 0.3) is 0 Å². The van der Waals surface area contributed by atoms with Gasteiger partial charge in [0.15, 0.2) is 11.6 Å². The Balaban J connectivity index is 2.04. The largest absolute Gasteiger partial charge is 0.364 e. The van der Waals surface area contributed by atoms with E-state index in [9.17, 15) is 13.2 Å². The molecule has 0 atom stereocenters. The Morgan fingerprint density at radius 3 is 2.35 bits per heavy atom. The van der Waals surface area contributed by atoms with Gasteiger partial charge in [0.2, 0.25) is 0 Å². The fourth-order valence-electron chi connectivity index (χ4n) is 1.33. The molecule has 2 nitrogen and oxygen atoms in total. The molecule has 1 aromatic carbocycles. The van der Waals surface area contributed by atoms with Crippen LogP contribution < -0.4 is 5.32 Å². The third-order valence-electron chi connectivity index (χ3n) is 2.18. The second-order valence-electron chi connectivity index (χ2n) is 3.46. The van der Waals surface area contributed by atoms with Crippen LogP contribution in [0, 0.1) is 17.5 Å². The van der Waals surface area contributed by atoms with Gasteiger partial charge in [0.05, 0.1) is 6.20 Å². The summed E-state index contributed by atoms with van der Waals surface area (Å²) in [4.78, 5) is 3.58. The molecule has 2 rings (SSSR count). The normalized spacial score (nSPS) is 10.3. The molecule has 2 aromatic rings. The number of aromatic nitrogens is 1. The van der Waals surface area contributed by atoms with Gasteiger partial charge in [-0.1, -0.05) is 12.1 Å². The summed E-state index contributed by atoms with van der Waals surface area (Å²) in [6.07, 6.45) is 0.927. The van der Waals surface area contributed by atoms with E-state index in [0.717, 1.165) is 17.8 Å². The SMILES string of the molecule is Fc1ccc(CNc2ncc(F)cc2F)cc1. The second kappa shape index (κ2) is 4.86. The average molecular weight is 238 g/mol. The Labute approximate surface area is 96.1 Å². The average Bonchev–Trinajstić information content (AvgIpc) is 2.30. The molecule has 1 heterocycles. The standard InChI is InChI=1S/C12H9F3N2/c13-9-3-1-8(2-4-9)6-16-12-11(15)5-10(14)7-17-12/h1-5,7H,6H2,(H,16,17). The second-order valence-corrected chi connectivity index (χ2v) is 3.46. The lowest BCUT2D eigenvalue weighted by Crippen LogP contribution is -2.04. The first-order valence-electron chi connectivity index (χ1n) is 4.94. The Hall–Kier alpha value is -2.04. The van der Waals surface area contributed by atoms with Crippen molar-refractivity contribution in [2.75, 3.05) is 5.32 Å². The fourth-order valence-corrected chi connectivity index (χ4v) is 1.33. The lowest BCUT2D eigenvalue weighted by molar-refractivity contribution is 0.575. The number of halogens is 3. The molecule has 0 aliphatic carbocycles. The van der Waals surface area contributed by atoms with Crippen LogP contribution in [0.1, 0.15) is 5.56 Å². The topological polar surface area (TPSA) is 24.9 Å². The van der Waals surface area contributed by atoms with Gasteiger partial charge in [-0.05, 0) is 17.7 Å². The monoisotopic (exact) mass is 238 g/mol. The minimum atomic E-state index is -0.757. The Morgan fingerprint density at radius 1 is 1.00 bits per heavy atom. The van der Waals surface area contributed by atoms with Gasteiger partial charge < -0.3 is 5.32 Å². The van der Waals surface area contributed by atoms with Crippen molar-refractivity contribution in [3.8, 4) is 0 Å². The van der Waals surface area contributed by atoms with E-state index in [2.05, 4.69) is 10.3 Å². The zero-order valence-corrected chi connectivity index (χ0v) is 8.75. The van der Waals surface area contributed by atoms with Gasteiger partial charge in [-0.3, -0.25) is 0 Å². The number of nitrogens with one attached hydrogen (secondary N) is 1. The molecule has 0 amide bonds. The van der Waals surface area contributed by atoms with Crippen molar-refractivity contribution < 1.29 is 13.2 Å². The Morgan fingerprint density at radius 2 is 1.71 bits per heavy atom. The van der Waals surface area contributed by atoms with Crippen LogP contribution in [-0.2, 0) is 6.54 Å². The van der Waals surface area contributed by atoms with Gasteiger partial charge in [-0.25, -0.2) is 18.2 Å². The summed E-state index contributed by atoms with van der Waals surface area (Å²) < 4.78 is 38.4. The molecule has 1 aromatic heterocycles. The fraction of sp³-hybridized carbons (Fsp3) is 0.0833. The van der Waals surface area contributed by atoms with Gasteiger partial charge in [0.25, 0.3) is 0 Å². The summed E-state index contributed by atoms with van der Waals surface area (Å²) >= 11 is 0. The number of nitrogens with zero attached hydrogens (tertiary/aromatic N) is 1. The van der Waals surface area contributed by atoms with E-state index in [0.29, 0.717) is 0 Å². The van der Waals surface area contributed by atoms with Crippen LogP contribution in [0.15, 0.2) is 36.5 Å². The van der Waals surface area contributed by atoms with Crippen molar-refractivity contribution >= 4 is 5.82 Å². The minimum absolute atomic E-state index is 0.0317. The third-order valence-corrected chi connectivity index (χ3v) is 2.18. The summed E-state index contributed by atoms with van der Waals surface area (Å²) in [5.74, 6) is -1.85. The molecule has 1 N–H and O–H groups in total. The lowest BCUT2D eigenvalue weighted by Gasteiger charge is -2.06. The highest BCUT2D eigenvalue weighted by atomic mass is 19.1. The lowest BCUT2D eigenvalue weighted by atomic mass is 10.2. The molecule has 0 fully saturated rings. The first-order chi connectivity index (χ1) is 8.15. The van der Waals surface area contributed by atoms with Crippen LogP contribution >= 0.6 is 0 Å². The van der Waals surface area contributed by atoms with Crippen LogP contribution in [0.2, 0.25) is 0 Å². The van der Waals surface area contributed by atoms with Crippen molar-refractivity contribution in [1.29, 1.82) is 0 Å². The molecule has 0 aliphatic heterocycles. The molecule has 0 saturated carbocycles. The Bertz CT molecular complexity index is 512. The van der Waals surface area contributed by atoms with Crippen molar-refractivity contribution in [2.24, 2.45) is 0 Å². The molecule has 0 radical (unpaired) electrons. The van der Waals surface area contributed by atoms with Gasteiger partial charge in [0.1, 0.15) is 11.6 Å². The van der Waals surface area contributed by atoms with Gasteiger partial charge in [-0.2, -0.15) is 0 Å². The van der Waals surface area contributed by atoms with Crippen molar-refractivity contribution in [2.45, 2.75) is 6.54 Å². The van der Waals surface area contributed by atoms with E-state index in [1.807, 2.05) is 0 Å². The minimum Gasteiger partial charge on any atom is -0.364 e. The summed E-state index contributed by atoms with van der Waals surface area (Å²) in [7, 11) is 0. The molecule has 17 heavy (non-hydrogen) atoms. The van der Waals surface area contributed by atoms with E-state index in [1.165, 1.54) is 12.1 Å². The van der Waals surface area contributed by atoms with Gasteiger partial charge in [-0.15, -0.1) is 0 Å². The maximum atomic E-state index is 13.2. The quantitative estimate of drug-likeness (QED) is 0.888. The predicted octanol–water partition coefficient (Wildman–Crippen LogP) is 3.11. The van der Waals surface area contributed by atoms with Crippen LogP contribution in [0.4, 0.5) is 19.0 Å². The molecular formula is C12H9F3N2. The van der Waals surface area contributed by atoms with Crippen LogP contribution in [-0.4, -0.2) is 4.98 Å². The number of pyridine rings is 1. The first-order valence-corrected chi connectivity index (χ1v) is 4.94. The zero-order chi connectivity index (χ0) is 12.3. The van der Waals surface area contributed by atoms with Crippen LogP contribution in [0.3, 0.4) is 0 Å².